The van der Waals surface area contributed by atoms with Crippen molar-refractivity contribution in [2.75, 3.05) is 20.3 Å². The SMILES string of the molecule is C=CCn1c(CNCCOC)cnc1C. The third-order valence-corrected chi connectivity index (χ3v) is 2.24. The smallest absolute Gasteiger partial charge is 0.106 e. The van der Waals surface area contributed by atoms with Gasteiger partial charge in [0.2, 0.25) is 0 Å². The van der Waals surface area contributed by atoms with Gasteiger partial charge < -0.3 is 14.6 Å². The summed E-state index contributed by atoms with van der Waals surface area (Å²) in [6.07, 6.45) is 3.78. The molecule has 15 heavy (non-hydrogen) atoms. The Morgan fingerprint density at radius 2 is 2.47 bits per heavy atom. The number of hydrogen-bond acceptors (Lipinski definition) is 3. The molecule has 0 saturated heterocycles. The van der Waals surface area contributed by atoms with Crippen LogP contribution in [-0.4, -0.2) is 29.8 Å². The molecule has 1 rings (SSSR count). The quantitative estimate of drug-likeness (QED) is 0.540. The molecule has 0 fully saturated rings. The van der Waals surface area contributed by atoms with Gasteiger partial charge in [0.25, 0.3) is 0 Å². The van der Waals surface area contributed by atoms with Gasteiger partial charge in [-0.05, 0) is 6.92 Å². The zero-order chi connectivity index (χ0) is 11.1. The molecule has 1 aromatic heterocycles. The van der Waals surface area contributed by atoms with Gasteiger partial charge in [-0.3, -0.25) is 0 Å². The van der Waals surface area contributed by atoms with Crippen LogP contribution in [0.4, 0.5) is 0 Å². The highest BCUT2D eigenvalue weighted by Gasteiger charge is 2.03. The molecule has 0 saturated carbocycles. The maximum absolute atomic E-state index is 4.96. The first kappa shape index (κ1) is 11.9. The summed E-state index contributed by atoms with van der Waals surface area (Å²) in [5, 5.41) is 3.29. The Morgan fingerprint density at radius 1 is 1.67 bits per heavy atom. The second-order valence-corrected chi connectivity index (χ2v) is 3.37. The van der Waals surface area contributed by atoms with E-state index in [-0.39, 0.29) is 0 Å². The lowest BCUT2D eigenvalue weighted by Crippen LogP contribution is -2.20. The summed E-state index contributed by atoms with van der Waals surface area (Å²) >= 11 is 0. The van der Waals surface area contributed by atoms with Crippen molar-refractivity contribution in [3.63, 3.8) is 0 Å². The fraction of sp³-hybridized carbons (Fsp3) is 0.545. The van der Waals surface area contributed by atoms with Gasteiger partial charge in [0.05, 0.1) is 12.3 Å². The summed E-state index contributed by atoms with van der Waals surface area (Å²) in [6, 6.07) is 0. The summed E-state index contributed by atoms with van der Waals surface area (Å²) in [7, 11) is 1.70. The summed E-state index contributed by atoms with van der Waals surface area (Å²) in [4.78, 5) is 4.28. The first-order valence-electron chi connectivity index (χ1n) is 5.11. The van der Waals surface area contributed by atoms with Crippen LogP contribution in [0.25, 0.3) is 0 Å². The minimum absolute atomic E-state index is 0.731. The number of ether oxygens (including phenoxy) is 1. The van der Waals surface area contributed by atoms with Crippen molar-refractivity contribution < 1.29 is 4.74 Å². The second-order valence-electron chi connectivity index (χ2n) is 3.37. The van der Waals surface area contributed by atoms with Gasteiger partial charge in [-0.15, -0.1) is 6.58 Å². The largest absolute Gasteiger partial charge is 0.383 e. The average molecular weight is 209 g/mol. The van der Waals surface area contributed by atoms with Crippen LogP contribution in [0.5, 0.6) is 0 Å². The highest BCUT2D eigenvalue weighted by Crippen LogP contribution is 2.04. The minimum Gasteiger partial charge on any atom is -0.383 e. The predicted octanol–water partition coefficient (Wildman–Crippen LogP) is 1.11. The molecule has 0 atom stereocenters. The second kappa shape index (κ2) is 6.37. The highest BCUT2D eigenvalue weighted by molar-refractivity contribution is 5.05. The highest BCUT2D eigenvalue weighted by atomic mass is 16.5. The molecule has 1 heterocycles. The fourth-order valence-electron chi connectivity index (χ4n) is 1.43. The molecule has 1 aromatic rings. The number of hydrogen-bond donors (Lipinski definition) is 1. The van der Waals surface area contributed by atoms with E-state index >= 15 is 0 Å². The zero-order valence-corrected chi connectivity index (χ0v) is 9.49. The predicted molar refractivity (Wildman–Crippen MR) is 60.7 cm³/mol. The van der Waals surface area contributed by atoms with Gasteiger partial charge in [0.1, 0.15) is 5.82 Å². The van der Waals surface area contributed by atoms with Crippen LogP contribution in [0, 0.1) is 6.92 Å². The van der Waals surface area contributed by atoms with E-state index in [0.717, 1.165) is 32.1 Å². The Kier molecular flexibility index (Phi) is 5.07. The number of aromatic nitrogens is 2. The van der Waals surface area contributed by atoms with Crippen LogP contribution in [0.1, 0.15) is 11.5 Å². The van der Waals surface area contributed by atoms with Crippen LogP contribution in [0.3, 0.4) is 0 Å². The molecular formula is C11H19N3O. The molecule has 0 aliphatic heterocycles. The van der Waals surface area contributed by atoms with Crippen LogP contribution in [0.2, 0.25) is 0 Å². The molecule has 0 radical (unpaired) electrons. The van der Waals surface area contributed by atoms with E-state index in [2.05, 4.69) is 21.4 Å². The molecule has 4 heteroatoms. The van der Waals surface area contributed by atoms with Crippen LogP contribution in [0.15, 0.2) is 18.9 Å². The molecule has 4 nitrogen and oxygen atoms in total. The Hall–Kier alpha value is -1.13. The number of methoxy groups -OCH3 is 1. The van der Waals surface area contributed by atoms with Crippen molar-refractivity contribution in [1.82, 2.24) is 14.9 Å². The van der Waals surface area contributed by atoms with E-state index in [1.807, 2.05) is 19.2 Å². The number of rotatable bonds is 7. The Labute approximate surface area is 91.0 Å². The average Bonchev–Trinajstić information content (AvgIpc) is 2.57. The first-order valence-corrected chi connectivity index (χ1v) is 5.11. The lowest BCUT2D eigenvalue weighted by atomic mass is 10.4. The minimum atomic E-state index is 0.731. The normalized spacial score (nSPS) is 10.5. The third-order valence-electron chi connectivity index (χ3n) is 2.24. The van der Waals surface area contributed by atoms with Crippen molar-refractivity contribution in [3.8, 4) is 0 Å². The van der Waals surface area contributed by atoms with Gasteiger partial charge in [0, 0.05) is 32.9 Å². The lowest BCUT2D eigenvalue weighted by molar-refractivity contribution is 0.199. The number of allylic oxidation sites excluding steroid dienone is 1. The van der Waals surface area contributed by atoms with E-state index in [1.54, 1.807) is 7.11 Å². The molecule has 84 valence electrons. The third kappa shape index (κ3) is 3.49. The molecule has 0 aliphatic rings. The fourth-order valence-corrected chi connectivity index (χ4v) is 1.43. The van der Waals surface area contributed by atoms with E-state index in [0.29, 0.717) is 0 Å². The summed E-state index contributed by atoms with van der Waals surface area (Å²) in [5.74, 6) is 1.03. The van der Waals surface area contributed by atoms with Gasteiger partial charge in [0.15, 0.2) is 0 Å². The lowest BCUT2D eigenvalue weighted by Gasteiger charge is -2.08. The van der Waals surface area contributed by atoms with Gasteiger partial charge in [-0.1, -0.05) is 6.08 Å². The monoisotopic (exact) mass is 209 g/mol. The number of nitrogens with one attached hydrogen (secondary N) is 1. The molecule has 0 spiro atoms. The summed E-state index contributed by atoms with van der Waals surface area (Å²) in [5.41, 5.74) is 1.18. The first-order chi connectivity index (χ1) is 7.29. The van der Waals surface area contributed by atoms with Gasteiger partial charge in [-0.2, -0.15) is 0 Å². The van der Waals surface area contributed by atoms with Crippen LogP contribution < -0.4 is 5.32 Å². The van der Waals surface area contributed by atoms with E-state index in [1.165, 1.54) is 5.69 Å². The number of nitrogens with zero attached hydrogens (tertiary/aromatic N) is 2. The molecular weight excluding hydrogens is 190 g/mol. The molecule has 0 aromatic carbocycles. The van der Waals surface area contributed by atoms with Crippen LogP contribution in [-0.2, 0) is 17.8 Å². The Bertz CT molecular complexity index is 307. The maximum Gasteiger partial charge on any atom is 0.106 e. The zero-order valence-electron chi connectivity index (χ0n) is 9.49. The van der Waals surface area contributed by atoms with Crippen molar-refractivity contribution in [3.05, 3.63) is 30.4 Å². The molecule has 0 amide bonds. The Balaban J connectivity index is 2.48. The maximum atomic E-state index is 4.96. The topological polar surface area (TPSA) is 39.1 Å². The van der Waals surface area contributed by atoms with Crippen molar-refractivity contribution in [1.29, 1.82) is 0 Å². The molecule has 0 unspecified atom stereocenters. The molecule has 0 aliphatic carbocycles. The van der Waals surface area contributed by atoms with E-state index in [4.69, 9.17) is 4.74 Å². The number of imidazole rings is 1. The van der Waals surface area contributed by atoms with Gasteiger partial charge in [-0.25, -0.2) is 4.98 Å². The standard InChI is InChI=1S/C11H19N3O/c1-4-6-14-10(2)13-9-11(14)8-12-5-7-15-3/h4,9,12H,1,5-8H2,2-3H3. The van der Waals surface area contributed by atoms with E-state index < -0.39 is 0 Å². The summed E-state index contributed by atoms with van der Waals surface area (Å²) in [6.45, 7) is 8.96. The van der Waals surface area contributed by atoms with Crippen molar-refractivity contribution in [2.45, 2.75) is 20.0 Å². The van der Waals surface area contributed by atoms with E-state index in [9.17, 15) is 0 Å². The molecule has 0 bridgehead atoms. The summed E-state index contributed by atoms with van der Waals surface area (Å²) < 4.78 is 7.11. The molecule has 1 N–H and O–H groups in total. The number of aryl methyl sites for hydroxylation is 1. The van der Waals surface area contributed by atoms with Crippen molar-refractivity contribution in [2.24, 2.45) is 0 Å². The van der Waals surface area contributed by atoms with Crippen molar-refractivity contribution >= 4 is 0 Å². The van der Waals surface area contributed by atoms with Crippen LogP contribution >= 0.6 is 0 Å². The van der Waals surface area contributed by atoms with Gasteiger partial charge >= 0.3 is 0 Å². The Morgan fingerprint density at radius 3 is 3.13 bits per heavy atom.